The van der Waals surface area contributed by atoms with Crippen LogP contribution >= 0.6 is 11.5 Å². The highest BCUT2D eigenvalue weighted by Gasteiger charge is 2.11. The van der Waals surface area contributed by atoms with Gasteiger partial charge in [0.15, 0.2) is 0 Å². The zero-order valence-corrected chi connectivity index (χ0v) is 10.1. The van der Waals surface area contributed by atoms with Crippen LogP contribution in [0.25, 0.3) is 21.2 Å². The van der Waals surface area contributed by atoms with Crippen LogP contribution in [-0.4, -0.2) is 16.5 Å². The molecule has 0 unspecified atom stereocenters. The highest BCUT2D eigenvalue weighted by molar-refractivity contribution is 7.14. The SMILES string of the molecule is COc1ccc2cnsc2c1-c1ccncc1. The molecule has 0 N–H and O–H groups in total. The number of hydrogen-bond acceptors (Lipinski definition) is 4. The van der Waals surface area contributed by atoms with Gasteiger partial charge in [0.2, 0.25) is 0 Å². The summed E-state index contributed by atoms with van der Waals surface area (Å²) in [5, 5.41) is 1.14. The van der Waals surface area contributed by atoms with Crippen molar-refractivity contribution in [3.63, 3.8) is 0 Å². The summed E-state index contributed by atoms with van der Waals surface area (Å²) in [6.07, 6.45) is 5.45. The van der Waals surface area contributed by atoms with E-state index in [4.69, 9.17) is 4.74 Å². The van der Waals surface area contributed by atoms with E-state index in [1.807, 2.05) is 30.5 Å². The predicted octanol–water partition coefficient (Wildman–Crippen LogP) is 3.37. The van der Waals surface area contributed by atoms with Crippen LogP contribution < -0.4 is 4.74 Å². The maximum Gasteiger partial charge on any atom is 0.128 e. The predicted molar refractivity (Wildman–Crippen MR) is 69.4 cm³/mol. The Hall–Kier alpha value is -1.94. The molecule has 0 saturated heterocycles. The molecule has 0 radical (unpaired) electrons. The number of methoxy groups -OCH3 is 1. The zero-order chi connectivity index (χ0) is 11.7. The molecule has 0 spiro atoms. The molecule has 3 nitrogen and oxygen atoms in total. The molecule has 0 aliphatic rings. The first-order valence-electron chi connectivity index (χ1n) is 5.22. The van der Waals surface area contributed by atoms with Crippen molar-refractivity contribution < 1.29 is 4.74 Å². The first-order chi connectivity index (χ1) is 8.40. The van der Waals surface area contributed by atoms with Crippen molar-refractivity contribution in [1.82, 2.24) is 9.36 Å². The van der Waals surface area contributed by atoms with Crippen molar-refractivity contribution in [3.8, 4) is 16.9 Å². The van der Waals surface area contributed by atoms with Crippen molar-refractivity contribution in [2.24, 2.45) is 0 Å². The molecule has 4 heteroatoms. The molecule has 2 aromatic heterocycles. The number of fused-ring (bicyclic) bond motifs is 1. The second-order valence-corrected chi connectivity index (χ2v) is 4.42. The van der Waals surface area contributed by atoms with Crippen molar-refractivity contribution in [3.05, 3.63) is 42.9 Å². The fraction of sp³-hybridized carbons (Fsp3) is 0.0769. The lowest BCUT2D eigenvalue weighted by molar-refractivity contribution is 0.417. The summed E-state index contributed by atoms with van der Waals surface area (Å²) >= 11 is 1.49. The van der Waals surface area contributed by atoms with E-state index in [1.165, 1.54) is 11.5 Å². The summed E-state index contributed by atoms with van der Waals surface area (Å²) in [4.78, 5) is 4.04. The number of aromatic nitrogens is 2. The number of pyridine rings is 1. The molecule has 0 saturated carbocycles. The van der Waals surface area contributed by atoms with Gasteiger partial charge in [-0.25, -0.2) is 0 Å². The van der Waals surface area contributed by atoms with Crippen LogP contribution in [0.2, 0.25) is 0 Å². The standard InChI is InChI=1S/C13H10N2OS/c1-16-11-3-2-10-8-15-17-13(10)12(11)9-4-6-14-7-5-9/h2-8H,1H3. The van der Waals surface area contributed by atoms with Gasteiger partial charge in [-0.15, -0.1) is 0 Å². The zero-order valence-electron chi connectivity index (χ0n) is 9.25. The van der Waals surface area contributed by atoms with Gasteiger partial charge in [-0.2, -0.15) is 4.37 Å². The van der Waals surface area contributed by atoms with Crippen molar-refractivity contribution in [1.29, 1.82) is 0 Å². The third-order valence-electron chi connectivity index (χ3n) is 2.67. The topological polar surface area (TPSA) is 35.0 Å². The highest BCUT2D eigenvalue weighted by atomic mass is 32.1. The minimum Gasteiger partial charge on any atom is -0.496 e. The van der Waals surface area contributed by atoms with Gasteiger partial charge in [0.1, 0.15) is 5.75 Å². The van der Waals surface area contributed by atoms with Gasteiger partial charge in [-0.3, -0.25) is 4.98 Å². The summed E-state index contributed by atoms with van der Waals surface area (Å²) in [6, 6.07) is 7.98. The Labute approximate surface area is 103 Å². The maximum absolute atomic E-state index is 5.44. The molecule has 0 aliphatic carbocycles. The van der Waals surface area contributed by atoms with E-state index in [-0.39, 0.29) is 0 Å². The molecule has 3 aromatic rings. The summed E-state index contributed by atoms with van der Waals surface area (Å²) in [6.45, 7) is 0. The Kier molecular flexibility index (Phi) is 2.49. The quantitative estimate of drug-likeness (QED) is 0.691. The van der Waals surface area contributed by atoms with Gasteiger partial charge in [0, 0.05) is 29.5 Å². The Balaban J connectivity index is 2.36. The van der Waals surface area contributed by atoms with Crippen LogP contribution in [0.15, 0.2) is 42.9 Å². The maximum atomic E-state index is 5.44. The van der Waals surface area contributed by atoms with E-state index in [0.29, 0.717) is 0 Å². The first kappa shape index (κ1) is 10.2. The molecule has 3 rings (SSSR count). The van der Waals surface area contributed by atoms with Crippen LogP contribution in [0.5, 0.6) is 5.75 Å². The monoisotopic (exact) mass is 242 g/mol. The lowest BCUT2D eigenvalue weighted by Gasteiger charge is -2.09. The minimum absolute atomic E-state index is 0.868. The van der Waals surface area contributed by atoms with Crippen molar-refractivity contribution in [2.45, 2.75) is 0 Å². The van der Waals surface area contributed by atoms with E-state index in [0.717, 1.165) is 27.0 Å². The molecule has 84 valence electrons. The normalized spacial score (nSPS) is 10.6. The lowest BCUT2D eigenvalue weighted by Crippen LogP contribution is -1.88. The van der Waals surface area contributed by atoms with Gasteiger partial charge in [-0.1, -0.05) is 0 Å². The molecular weight excluding hydrogens is 232 g/mol. The van der Waals surface area contributed by atoms with Crippen LogP contribution in [-0.2, 0) is 0 Å². The average Bonchev–Trinajstić information content (AvgIpc) is 2.86. The van der Waals surface area contributed by atoms with Gasteiger partial charge in [-0.05, 0) is 41.4 Å². The molecule has 0 bridgehead atoms. The lowest BCUT2D eigenvalue weighted by atomic mass is 10.0. The third-order valence-corrected chi connectivity index (χ3v) is 3.51. The number of rotatable bonds is 2. The molecule has 1 aromatic carbocycles. The van der Waals surface area contributed by atoms with Crippen LogP contribution in [0, 0.1) is 0 Å². The Morgan fingerprint density at radius 2 is 1.94 bits per heavy atom. The summed E-state index contributed by atoms with van der Waals surface area (Å²) in [5.74, 6) is 0.868. The smallest absolute Gasteiger partial charge is 0.128 e. The van der Waals surface area contributed by atoms with Crippen molar-refractivity contribution >= 4 is 21.6 Å². The first-order valence-corrected chi connectivity index (χ1v) is 5.99. The number of hydrogen-bond donors (Lipinski definition) is 0. The van der Waals surface area contributed by atoms with E-state index in [1.54, 1.807) is 19.5 Å². The Morgan fingerprint density at radius 3 is 2.71 bits per heavy atom. The molecule has 0 amide bonds. The molecular formula is C13H10N2OS. The van der Waals surface area contributed by atoms with E-state index in [9.17, 15) is 0 Å². The summed E-state index contributed by atoms with van der Waals surface area (Å²) in [5.41, 5.74) is 2.20. The summed E-state index contributed by atoms with van der Waals surface area (Å²) < 4.78 is 10.8. The van der Waals surface area contributed by atoms with Gasteiger partial charge in [0.25, 0.3) is 0 Å². The molecule has 0 aliphatic heterocycles. The van der Waals surface area contributed by atoms with Gasteiger partial charge in [0.05, 0.1) is 11.8 Å². The van der Waals surface area contributed by atoms with Gasteiger partial charge < -0.3 is 4.74 Å². The minimum atomic E-state index is 0.868. The fourth-order valence-electron chi connectivity index (χ4n) is 1.88. The van der Waals surface area contributed by atoms with E-state index in [2.05, 4.69) is 9.36 Å². The fourth-order valence-corrected chi connectivity index (χ4v) is 2.69. The molecule has 0 atom stereocenters. The molecule has 17 heavy (non-hydrogen) atoms. The molecule has 2 heterocycles. The van der Waals surface area contributed by atoms with Gasteiger partial charge >= 0.3 is 0 Å². The molecule has 0 fully saturated rings. The van der Waals surface area contributed by atoms with E-state index >= 15 is 0 Å². The number of nitrogens with zero attached hydrogens (tertiary/aromatic N) is 2. The second-order valence-electron chi connectivity index (χ2n) is 3.62. The van der Waals surface area contributed by atoms with Crippen LogP contribution in [0.3, 0.4) is 0 Å². The number of ether oxygens (including phenoxy) is 1. The third kappa shape index (κ3) is 1.66. The largest absolute Gasteiger partial charge is 0.496 e. The average molecular weight is 242 g/mol. The highest BCUT2D eigenvalue weighted by Crippen LogP contribution is 2.38. The number of benzene rings is 1. The second kappa shape index (κ2) is 4.14. The van der Waals surface area contributed by atoms with Crippen LogP contribution in [0.4, 0.5) is 0 Å². The Bertz CT molecular complexity index is 649. The van der Waals surface area contributed by atoms with Crippen molar-refractivity contribution in [2.75, 3.05) is 7.11 Å². The van der Waals surface area contributed by atoms with E-state index < -0.39 is 0 Å². The Morgan fingerprint density at radius 1 is 1.12 bits per heavy atom. The summed E-state index contributed by atoms with van der Waals surface area (Å²) in [7, 11) is 1.69. The van der Waals surface area contributed by atoms with Crippen LogP contribution in [0.1, 0.15) is 0 Å².